The van der Waals surface area contributed by atoms with Crippen molar-refractivity contribution in [3.05, 3.63) is 0 Å². The van der Waals surface area contributed by atoms with Gasteiger partial charge in [0.2, 0.25) is 5.91 Å². The Morgan fingerprint density at radius 3 is 2.47 bits per heavy atom. The standard InChI is InChI=1S/C15H28N2O2/c1-12-2-6-15(11-16,7-3-12)14(18)17-10-13-4-8-19-9-5-13/h12-13H,2-11,16H2,1H3,(H,17,18). The maximum absolute atomic E-state index is 12.5. The van der Waals surface area contributed by atoms with Crippen LogP contribution in [0.3, 0.4) is 0 Å². The molecule has 110 valence electrons. The molecule has 1 aliphatic carbocycles. The van der Waals surface area contributed by atoms with Crippen molar-refractivity contribution in [3.8, 4) is 0 Å². The van der Waals surface area contributed by atoms with Crippen molar-refractivity contribution in [1.82, 2.24) is 5.32 Å². The van der Waals surface area contributed by atoms with Gasteiger partial charge in [0, 0.05) is 26.3 Å². The van der Waals surface area contributed by atoms with Gasteiger partial charge in [-0.2, -0.15) is 0 Å². The van der Waals surface area contributed by atoms with E-state index in [1.54, 1.807) is 0 Å². The number of hydrogen-bond donors (Lipinski definition) is 2. The largest absolute Gasteiger partial charge is 0.381 e. The zero-order valence-electron chi connectivity index (χ0n) is 12.1. The molecule has 2 aliphatic rings. The minimum atomic E-state index is -0.294. The van der Waals surface area contributed by atoms with Crippen LogP contribution in [0.1, 0.15) is 45.4 Å². The normalized spacial score (nSPS) is 33.1. The lowest BCUT2D eigenvalue weighted by Gasteiger charge is -2.37. The zero-order chi connectivity index (χ0) is 13.7. The zero-order valence-corrected chi connectivity index (χ0v) is 12.1. The first kappa shape index (κ1) is 14.8. The smallest absolute Gasteiger partial charge is 0.227 e. The summed E-state index contributed by atoms with van der Waals surface area (Å²) in [6.07, 6.45) is 6.28. The molecule has 1 amide bonds. The van der Waals surface area contributed by atoms with E-state index in [0.29, 0.717) is 12.5 Å². The topological polar surface area (TPSA) is 64.4 Å². The molecule has 2 rings (SSSR count). The van der Waals surface area contributed by atoms with Gasteiger partial charge < -0.3 is 15.8 Å². The van der Waals surface area contributed by atoms with Crippen LogP contribution in [0.25, 0.3) is 0 Å². The van der Waals surface area contributed by atoms with Crippen LogP contribution < -0.4 is 11.1 Å². The van der Waals surface area contributed by atoms with Crippen LogP contribution in [-0.4, -0.2) is 32.2 Å². The van der Waals surface area contributed by atoms with Gasteiger partial charge in [-0.05, 0) is 50.4 Å². The molecule has 2 fully saturated rings. The fourth-order valence-electron chi connectivity index (χ4n) is 3.21. The summed E-state index contributed by atoms with van der Waals surface area (Å²) in [4.78, 5) is 12.5. The summed E-state index contributed by atoms with van der Waals surface area (Å²) >= 11 is 0. The Hall–Kier alpha value is -0.610. The Morgan fingerprint density at radius 2 is 1.89 bits per heavy atom. The quantitative estimate of drug-likeness (QED) is 0.815. The van der Waals surface area contributed by atoms with Gasteiger partial charge in [0.05, 0.1) is 5.41 Å². The number of rotatable bonds is 4. The maximum Gasteiger partial charge on any atom is 0.227 e. The molecule has 0 aromatic heterocycles. The number of carbonyl (C=O) groups is 1. The molecule has 4 heteroatoms. The van der Waals surface area contributed by atoms with Crippen LogP contribution in [0.2, 0.25) is 0 Å². The minimum Gasteiger partial charge on any atom is -0.381 e. The highest BCUT2D eigenvalue weighted by Gasteiger charge is 2.39. The van der Waals surface area contributed by atoms with Crippen molar-refractivity contribution >= 4 is 5.91 Å². The van der Waals surface area contributed by atoms with Crippen LogP contribution >= 0.6 is 0 Å². The molecular weight excluding hydrogens is 240 g/mol. The molecule has 1 aliphatic heterocycles. The summed E-state index contributed by atoms with van der Waals surface area (Å²) in [5.41, 5.74) is 5.62. The molecule has 1 heterocycles. The number of carbonyl (C=O) groups excluding carboxylic acids is 1. The van der Waals surface area contributed by atoms with Crippen LogP contribution in [0.4, 0.5) is 0 Å². The molecule has 0 aromatic carbocycles. The van der Waals surface area contributed by atoms with Gasteiger partial charge in [-0.1, -0.05) is 6.92 Å². The predicted molar refractivity (Wildman–Crippen MR) is 75.7 cm³/mol. The molecular formula is C15H28N2O2. The Kier molecular flexibility index (Phi) is 5.22. The van der Waals surface area contributed by atoms with E-state index >= 15 is 0 Å². The van der Waals surface area contributed by atoms with Crippen molar-refractivity contribution in [1.29, 1.82) is 0 Å². The van der Waals surface area contributed by atoms with Crippen molar-refractivity contribution in [2.45, 2.75) is 45.4 Å². The molecule has 19 heavy (non-hydrogen) atoms. The summed E-state index contributed by atoms with van der Waals surface area (Å²) in [7, 11) is 0. The highest BCUT2D eigenvalue weighted by Crippen LogP contribution is 2.38. The third kappa shape index (κ3) is 3.69. The molecule has 4 nitrogen and oxygen atoms in total. The molecule has 0 bridgehead atoms. The second kappa shape index (κ2) is 6.71. The molecule has 0 unspecified atom stereocenters. The van der Waals surface area contributed by atoms with Crippen LogP contribution in [0.5, 0.6) is 0 Å². The number of ether oxygens (including phenoxy) is 1. The minimum absolute atomic E-state index is 0.188. The van der Waals surface area contributed by atoms with Gasteiger partial charge in [-0.3, -0.25) is 4.79 Å². The molecule has 3 N–H and O–H groups in total. The van der Waals surface area contributed by atoms with Crippen molar-refractivity contribution in [3.63, 3.8) is 0 Å². The summed E-state index contributed by atoms with van der Waals surface area (Å²) in [6.45, 7) is 5.21. The average Bonchev–Trinajstić information content (AvgIpc) is 2.47. The van der Waals surface area contributed by atoms with E-state index in [4.69, 9.17) is 10.5 Å². The van der Waals surface area contributed by atoms with E-state index in [1.165, 1.54) is 0 Å². The molecule has 0 spiro atoms. The van der Waals surface area contributed by atoms with Gasteiger partial charge >= 0.3 is 0 Å². The summed E-state index contributed by atoms with van der Waals surface area (Å²) < 4.78 is 5.34. The molecule has 1 saturated carbocycles. The Bertz CT molecular complexity index is 293. The first-order chi connectivity index (χ1) is 9.16. The predicted octanol–water partition coefficient (Wildman–Crippen LogP) is 1.68. The third-order valence-corrected chi connectivity index (χ3v) is 5.00. The fraction of sp³-hybridized carbons (Fsp3) is 0.933. The van der Waals surface area contributed by atoms with Gasteiger partial charge in [-0.25, -0.2) is 0 Å². The van der Waals surface area contributed by atoms with Gasteiger partial charge in [0.25, 0.3) is 0 Å². The van der Waals surface area contributed by atoms with Gasteiger partial charge in [0.15, 0.2) is 0 Å². The summed E-state index contributed by atoms with van der Waals surface area (Å²) in [6, 6.07) is 0. The van der Waals surface area contributed by atoms with Gasteiger partial charge in [-0.15, -0.1) is 0 Å². The number of hydrogen-bond acceptors (Lipinski definition) is 3. The summed E-state index contributed by atoms with van der Waals surface area (Å²) in [5, 5.41) is 3.15. The van der Waals surface area contributed by atoms with Crippen LogP contribution in [0.15, 0.2) is 0 Å². The molecule has 0 radical (unpaired) electrons. The van der Waals surface area contributed by atoms with E-state index in [0.717, 1.165) is 64.2 Å². The molecule has 1 saturated heterocycles. The lowest BCUT2D eigenvalue weighted by molar-refractivity contribution is -0.133. The Labute approximate surface area is 116 Å². The van der Waals surface area contributed by atoms with Crippen molar-refractivity contribution in [2.24, 2.45) is 23.0 Å². The number of nitrogens with one attached hydrogen (secondary N) is 1. The lowest BCUT2D eigenvalue weighted by atomic mass is 9.70. The lowest BCUT2D eigenvalue weighted by Crippen LogP contribution is -2.49. The first-order valence-corrected chi connectivity index (χ1v) is 7.72. The molecule has 0 atom stereocenters. The van der Waals surface area contributed by atoms with E-state index in [-0.39, 0.29) is 11.3 Å². The van der Waals surface area contributed by atoms with Crippen molar-refractivity contribution in [2.75, 3.05) is 26.3 Å². The fourth-order valence-corrected chi connectivity index (χ4v) is 3.21. The van der Waals surface area contributed by atoms with E-state index < -0.39 is 0 Å². The second-order valence-corrected chi connectivity index (χ2v) is 6.43. The first-order valence-electron chi connectivity index (χ1n) is 7.72. The Morgan fingerprint density at radius 1 is 1.26 bits per heavy atom. The highest BCUT2D eigenvalue weighted by atomic mass is 16.5. The monoisotopic (exact) mass is 268 g/mol. The average molecular weight is 268 g/mol. The highest BCUT2D eigenvalue weighted by molar-refractivity contribution is 5.83. The summed E-state index contributed by atoms with van der Waals surface area (Å²) in [5.74, 6) is 1.51. The maximum atomic E-state index is 12.5. The second-order valence-electron chi connectivity index (χ2n) is 6.43. The van der Waals surface area contributed by atoms with E-state index in [1.807, 2.05) is 0 Å². The molecule has 0 aromatic rings. The van der Waals surface area contributed by atoms with Crippen LogP contribution in [0, 0.1) is 17.3 Å². The van der Waals surface area contributed by atoms with Crippen LogP contribution in [-0.2, 0) is 9.53 Å². The van der Waals surface area contributed by atoms with E-state index in [9.17, 15) is 4.79 Å². The number of amides is 1. The third-order valence-electron chi connectivity index (χ3n) is 5.00. The Balaban J connectivity index is 1.82. The van der Waals surface area contributed by atoms with Gasteiger partial charge in [0.1, 0.15) is 0 Å². The number of nitrogens with two attached hydrogens (primary N) is 1. The van der Waals surface area contributed by atoms with Crippen molar-refractivity contribution < 1.29 is 9.53 Å². The van der Waals surface area contributed by atoms with E-state index in [2.05, 4.69) is 12.2 Å². The SMILES string of the molecule is CC1CCC(CN)(C(=O)NCC2CCOCC2)CC1.